The number of carbonyl (C=O) groups excluding carboxylic acids is 2. The van der Waals surface area contributed by atoms with Crippen molar-refractivity contribution < 1.29 is 14.0 Å². The van der Waals surface area contributed by atoms with Crippen molar-refractivity contribution in [1.82, 2.24) is 14.9 Å². The molecule has 1 heterocycles. The lowest BCUT2D eigenvalue weighted by Gasteiger charge is -2.14. The summed E-state index contributed by atoms with van der Waals surface area (Å²) in [4.78, 5) is 24.1. The van der Waals surface area contributed by atoms with Crippen molar-refractivity contribution in [3.8, 4) is 0 Å². The highest BCUT2D eigenvalue weighted by Gasteiger charge is 2.20. The second-order valence-corrected chi connectivity index (χ2v) is 5.80. The number of hydrogen-bond acceptors (Lipinski definition) is 5. The van der Waals surface area contributed by atoms with Crippen LogP contribution in [0.4, 0.5) is 4.39 Å². The van der Waals surface area contributed by atoms with E-state index in [4.69, 9.17) is 5.73 Å². The molecule has 0 aliphatic heterocycles. The Balaban J connectivity index is 1.98. The van der Waals surface area contributed by atoms with E-state index in [1.165, 1.54) is 12.1 Å². The first-order valence-corrected chi connectivity index (χ1v) is 7.91. The molecule has 0 unspecified atom stereocenters. The second kappa shape index (κ2) is 7.77. The molecule has 1 aromatic carbocycles. The Bertz CT molecular complexity index is 687. The van der Waals surface area contributed by atoms with E-state index in [0.717, 1.165) is 17.1 Å². The number of nitrogens with one attached hydrogen (secondary N) is 1. The van der Waals surface area contributed by atoms with Crippen LogP contribution >= 0.6 is 11.5 Å². The van der Waals surface area contributed by atoms with Gasteiger partial charge in [0.1, 0.15) is 10.7 Å². The molecule has 0 radical (unpaired) electrons. The number of halogens is 1. The Hall–Kier alpha value is -2.35. The Morgan fingerprint density at radius 2 is 2.04 bits per heavy atom. The predicted molar refractivity (Wildman–Crippen MR) is 84.4 cm³/mol. The number of rotatable bonds is 7. The smallest absolute Gasteiger partial charge is 0.264 e. The van der Waals surface area contributed by atoms with Gasteiger partial charge in [-0.15, -0.1) is 5.10 Å². The molecule has 8 heteroatoms. The Labute approximate surface area is 137 Å². The zero-order chi connectivity index (χ0) is 16.8. The van der Waals surface area contributed by atoms with Crippen LogP contribution in [0.15, 0.2) is 24.3 Å². The molecule has 0 bridgehead atoms. The Morgan fingerprint density at radius 3 is 2.65 bits per heavy atom. The molecule has 122 valence electrons. The van der Waals surface area contributed by atoms with Gasteiger partial charge >= 0.3 is 0 Å². The van der Waals surface area contributed by atoms with Gasteiger partial charge in [0.25, 0.3) is 5.91 Å². The SMILES string of the molecule is CCc1nnsc1C(=O)NC[C@H](Cc1ccc(F)cc1)C(N)=O. The van der Waals surface area contributed by atoms with Crippen molar-refractivity contribution in [3.05, 3.63) is 46.2 Å². The van der Waals surface area contributed by atoms with Crippen LogP contribution in [-0.2, 0) is 17.6 Å². The van der Waals surface area contributed by atoms with E-state index in [1.807, 2.05) is 6.92 Å². The molecular formula is C15H17FN4O2S. The molecule has 0 saturated carbocycles. The fourth-order valence-electron chi connectivity index (χ4n) is 2.09. The Morgan fingerprint density at radius 1 is 1.35 bits per heavy atom. The van der Waals surface area contributed by atoms with E-state index in [-0.39, 0.29) is 18.3 Å². The van der Waals surface area contributed by atoms with E-state index in [1.54, 1.807) is 12.1 Å². The summed E-state index contributed by atoms with van der Waals surface area (Å²) in [6.45, 7) is 1.99. The van der Waals surface area contributed by atoms with E-state index in [2.05, 4.69) is 14.9 Å². The number of benzene rings is 1. The number of aryl methyl sites for hydroxylation is 1. The van der Waals surface area contributed by atoms with Crippen molar-refractivity contribution in [2.75, 3.05) is 6.54 Å². The number of primary amides is 1. The quantitative estimate of drug-likeness (QED) is 0.796. The molecule has 0 spiro atoms. The van der Waals surface area contributed by atoms with E-state index in [9.17, 15) is 14.0 Å². The van der Waals surface area contributed by atoms with Crippen LogP contribution < -0.4 is 11.1 Å². The number of aromatic nitrogens is 2. The summed E-state index contributed by atoms with van der Waals surface area (Å²) in [7, 11) is 0. The highest BCUT2D eigenvalue weighted by atomic mass is 32.1. The first-order valence-electron chi connectivity index (χ1n) is 7.14. The van der Waals surface area contributed by atoms with Gasteiger partial charge in [-0.2, -0.15) is 0 Å². The lowest BCUT2D eigenvalue weighted by atomic mass is 9.98. The molecule has 0 fully saturated rings. The minimum absolute atomic E-state index is 0.104. The standard InChI is InChI=1S/C15H17FN4O2S/c1-2-12-13(23-20-19-12)15(22)18-8-10(14(17)21)7-9-3-5-11(16)6-4-9/h3-6,10H,2,7-8H2,1H3,(H2,17,21)(H,18,22)/t10-/m0/s1. The highest BCUT2D eigenvalue weighted by Crippen LogP contribution is 2.12. The molecule has 23 heavy (non-hydrogen) atoms. The average Bonchev–Trinajstić information content (AvgIpc) is 3.01. The summed E-state index contributed by atoms with van der Waals surface area (Å²) in [6.07, 6.45) is 0.936. The first-order chi connectivity index (χ1) is 11.0. The van der Waals surface area contributed by atoms with Gasteiger partial charge < -0.3 is 11.1 Å². The number of carbonyl (C=O) groups is 2. The summed E-state index contributed by atoms with van der Waals surface area (Å²) >= 11 is 1.02. The monoisotopic (exact) mass is 336 g/mol. The van der Waals surface area contributed by atoms with Crippen molar-refractivity contribution in [2.45, 2.75) is 19.8 Å². The summed E-state index contributed by atoms with van der Waals surface area (Å²) in [5.41, 5.74) is 6.79. The van der Waals surface area contributed by atoms with E-state index >= 15 is 0 Å². The maximum atomic E-state index is 12.9. The summed E-state index contributed by atoms with van der Waals surface area (Å²) in [5, 5.41) is 6.56. The van der Waals surface area contributed by atoms with Gasteiger partial charge in [-0.3, -0.25) is 9.59 Å². The summed E-state index contributed by atoms with van der Waals surface area (Å²) in [5.74, 6) is -1.76. The van der Waals surface area contributed by atoms with Crippen molar-refractivity contribution in [1.29, 1.82) is 0 Å². The van der Waals surface area contributed by atoms with Crippen LogP contribution in [0.5, 0.6) is 0 Å². The first kappa shape index (κ1) is 17.0. The van der Waals surface area contributed by atoms with Crippen LogP contribution in [0.2, 0.25) is 0 Å². The second-order valence-electron chi connectivity index (χ2n) is 5.04. The number of nitrogens with two attached hydrogens (primary N) is 1. The maximum Gasteiger partial charge on any atom is 0.264 e. The van der Waals surface area contributed by atoms with Crippen molar-refractivity contribution >= 4 is 23.3 Å². The molecule has 1 atom stereocenters. The lowest BCUT2D eigenvalue weighted by molar-refractivity contribution is -0.121. The molecular weight excluding hydrogens is 319 g/mol. The van der Waals surface area contributed by atoms with Crippen LogP contribution in [0.1, 0.15) is 27.9 Å². The van der Waals surface area contributed by atoms with Crippen LogP contribution in [0.3, 0.4) is 0 Å². The van der Waals surface area contributed by atoms with Gasteiger partial charge in [-0.25, -0.2) is 4.39 Å². The third-order valence-corrected chi connectivity index (χ3v) is 4.17. The van der Waals surface area contributed by atoms with Gasteiger partial charge in [0.2, 0.25) is 5.91 Å². The van der Waals surface area contributed by atoms with Crippen LogP contribution in [-0.4, -0.2) is 27.9 Å². The number of nitrogens with zero attached hydrogens (tertiary/aromatic N) is 2. The average molecular weight is 336 g/mol. The van der Waals surface area contributed by atoms with Gasteiger partial charge in [-0.1, -0.05) is 23.5 Å². The van der Waals surface area contributed by atoms with Gasteiger partial charge in [0.15, 0.2) is 0 Å². The van der Waals surface area contributed by atoms with Crippen LogP contribution in [0, 0.1) is 11.7 Å². The topological polar surface area (TPSA) is 98.0 Å². The molecule has 2 amide bonds. The molecule has 2 rings (SSSR count). The molecule has 6 nitrogen and oxygen atoms in total. The van der Waals surface area contributed by atoms with Crippen molar-refractivity contribution in [2.24, 2.45) is 11.7 Å². The van der Waals surface area contributed by atoms with Crippen molar-refractivity contribution in [3.63, 3.8) is 0 Å². The maximum absolute atomic E-state index is 12.9. The third kappa shape index (κ3) is 4.56. The molecule has 0 aliphatic carbocycles. The minimum Gasteiger partial charge on any atom is -0.369 e. The molecule has 0 aliphatic rings. The van der Waals surface area contributed by atoms with E-state index < -0.39 is 11.8 Å². The molecule has 3 N–H and O–H groups in total. The zero-order valence-electron chi connectivity index (χ0n) is 12.6. The predicted octanol–water partition coefficient (Wildman–Crippen LogP) is 1.31. The molecule has 1 aromatic heterocycles. The van der Waals surface area contributed by atoms with Gasteiger partial charge in [0, 0.05) is 6.54 Å². The zero-order valence-corrected chi connectivity index (χ0v) is 13.4. The van der Waals surface area contributed by atoms with Crippen LogP contribution in [0.25, 0.3) is 0 Å². The fraction of sp³-hybridized carbons (Fsp3) is 0.333. The third-order valence-electron chi connectivity index (χ3n) is 3.40. The normalized spacial score (nSPS) is 11.9. The minimum atomic E-state index is -0.574. The Kier molecular flexibility index (Phi) is 5.75. The molecule has 2 aromatic rings. The fourth-order valence-corrected chi connectivity index (χ4v) is 2.75. The lowest BCUT2D eigenvalue weighted by Crippen LogP contribution is -2.37. The van der Waals surface area contributed by atoms with E-state index in [0.29, 0.717) is 23.4 Å². The number of hydrogen-bond donors (Lipinski definition) is 2. The van der Waals surface area contributed by atoms with Gasteiger partial charge in [0.05, 0.1) is 11.6 Å². The largest absolute Gasteiger partial charge is 0.369 e. The number of amides is 2. The van der Waals surface area contributed by atoms with Gasteiger partial charge in [-0.05, 0) is 42.1 Å². The summed E-state index contributed by atoms with van der Waals surface area (Å²) in [6, 6.07) is 5.83. The summed E-state index contributed by atoms with van der Waals surface area (Å²) < 4.78 is 16.7. The molecule has 0 saturated heterocycles. The highest BCUT2D eigenvalue weighted by molar-refractivity contribution is 7.08.